The molecular weight excluding hydrogens is 233 g/mol. The second kappa shape index (κ2) is 7.19. The SMILES string of the molecule is COC(=O)C[C@H](N)Cc1cccc(F)c1.Cl. The number of nitrogens with two attached hydrogens (primary N) is 1. The van der Waals surface area contributed by atoms with Crippen LogP contribution in [-0.4, -0.2) is 19.1 Å². The van der Waals surface area contributed by atoms with E-state index >= 15 is 0 Å². The van der Waals surface area contributed by atoms with Crippen molar-refractivity contribution in [2.45, 2.75) is 18.9 Å². The number of methoxy groups -OCH3 is 1. The van der Waals surface area contributed by atoms with Gasteiger partial charge in [0.05, 0.1) is 13.5 Å². The van der Waals surface area contributed by atoms with Gasteiger partial charge in [-0.2, -0.15) is 0 Å². The van der Waals surface area contributed by atoms with Gasteiger partial charge in [-0.1, -0.05) is 12.1 Å². The minimum absolute atomic E-state index is 0. The summed E-state index contributed by atoms with van der Waals surface area (Å²) in [4.78, 5) is 10.9. The molecule has 1 aromatic rings. The first kappa shape index (κ1) is 14.9. The first-order valence-corrected chi connectivity index (χ1v) is 4.68. The van der Waals surface area contributed by atoms with E-state index in [0.29, 0.717) is 6.42 Å². The van der Waals surface area contributed by atoms with Crippen molar-refractivity contribution >= 4 is 18.4 Å². The Labute approximate surface area is 100 Å². The molecule has 5 heteroatoms. The Balaban J connectivity index is 0.00000225. The molecular formula is C11H15ClFNO2. The molecule has 1 atom stereocenters. The number of carbonyl (C=O) groups is 1. The maximum atomic E-state index is 12.8. The van der Waals surface area contributed by atoms with Gasteiger partial charge in [-0.25, -0.2) is 4.39 Å². The summed E-state index contributed by atoms with van der Waals surface area (Å²) in [6.45, 7) is 0. The van der Waals surface area contributed by atoms with Crippen molar-refractivity contribution < 1.29 is 13.9 Å². The van der Waals surface area contributed by atoms with Crippen LogP contribution in [-0.2, 0) is 16.0 Å². The molecule has 16 heavy (non-hydrogen) atoms. The van der Waals surface area contributed by atoms with Crippen LogP contribution >= 0.6 is 12.4 Å². The summed E-state index contributed by atoms with van der Waals surface area (Å²) in [5.74, 6) is -0.642. The van der Waals surface area contributed by atoms with Crippen molar-refractivity contribution in [3.05, 3.63) is 35.6 Å². The Morgan fingerprint density at radius 2 is 2.25 bits per heavy atom. The smallest absolute Gasteiger partial charge is 0.307 e. The Kier molecular flexibility index (Phi) is 6.69. The highest BCUT2D eigenvalue weighted by Gasteiger charge is 2.10. The molecule has 0 saturated heterocycles. The first-order chi connectivity index (χ1) is 7.11. The molecule has 0 heterocycles. The molecule has 0 bridgehead atoms. The van der Waals surface area contributed by atoms with Gasteiger partial charge in [-0.15, -0.1) is 12.4 Å². The Bertz CT molecular complexity index is 347. The predicted octanol–water partition coefficient (Wildman–Crippen LogP) is 1.68. The number of benzene rings is 1. The number of ether oxygens (including phenoxy) is 1. The van der Waals surface area contributed by atoms with Gasteiger partial charge in [-0.3, -0.25) is 4.79 Å². The maximum Gasteiger partial charge on any atom is 0.307 e. The van der Waals surface area contributed by atoms with Gasteiger partial charge < -0.3 is 10.5 Å². The number of hydrogen-bond acceptors (Lipinski definition) is 3. The minimum atomic E-state index is -0.348. The molecule has 3 nitrogen and oxygen atoms in total. The molecule has 90 valence electrons. The molecule has 0 aliphatic heterocycles. The highest BCUT2D eigenvalue weighted by molar-refractivity contribution is 5.85. The molecule has 1 rings (SSSR count). The summed E-state index contributed by atoms with van der Waals surface area (Å²) in [7, 11) is 1.32. The van der Waals surface area contributed by atoms with E-state index in [-0.39, 0.29) is 36.7 Å². The van der Waals surface area contributed by atoms with Gasteiger partial charge in [0.15, 0.2) is 0 Å². The zero-order chi connectivity index (χ0) is 11.3. The fraction of sp³-hybridized carbons (Fsp3) is 0.364. The summed E-state index contributed by atoms with van der Waals surface area (Å²) in [5.41, 5.74) is 6.49. The summed E-state index contributed by atoms with van der Waals surface area (Å²) in [6, 6.07) is 5.85. The van der Waals surface area contributed by atoms with Gasteiger partial charge in [0, 0.05) is 6.04 Å². The van der Waals surface area contributed by atoms with E-state index in [1.165, 1.54) is 19.2 Å². The van der Waals surface area contributed by atoms with Gasteiger partial charge in [0.1, 0.15) is 5.82 Å². The zero-order valence-electron chi connectivity index (χ0n) is 8.98. The van der Waals surface area contributed by atoms with Crippen molar-refractivity contribution in [2.24, 2.45) is 5.73 Å². The molecule has 1 aromatic carbocycles. The summed E-state index contributed by atoms with van der Waals surface area (Å²) < 4.78 is 17.3. The quantitative estimate of drug-likeness (QED) is 0.824. The van der Waals surface area contributed by atoms with Crippen LogP contribution in [0.15, 0.2) is 24.3 Å². The number of halogens is 2. The molecule has 0 unspecified atom stereocenters. The van der Waals surface area contributed by atoms with Crippen LogP contribution in [0, 0.1) is 5.82 Å². The predicted molar refractivity (Wildman–Crippen MR) is 62.0 cm³/mol. The van der Waals surface area contributed by atoms with Crippen LogP contribution in [0.3, 0.4) is 0 Å². The van der Waals surface area contributed by atoms with Crippen LogP contribution < -0.4 is 5.73 Å². The largest absolute Gasteiger partial charge is 0.469 e. The lowest BCUT2D eigenvalue weighted by atomic mass is 10.0. The second-order valence-corrected chi connectivity index (χ2v) is 3.37. The summed E-state index contributed by atoms with van der Waals surface area (Å²) in [5, 5.41) is 0. The molecule has 0 aliphatic rings. The van der Waals surface area contributed by atoms with Crippen LogP contribution in [0.1, 0.15) is 12.0 Å². The van der Waals surface area contributed by atoms with Crippen LogP contribution in [0.25, 0.3) is 0 Å². The number of rotatable bonds is 4. The molecule has 0 fully saturated rings. The third kappa shape index (κ3) is 5.09. The van der Waals surface area contributed by atoms with E-state index in [4.69, 9.17) is 5.73 Å². The average Bonchev–Trinajstić information content (AvgIpc) is 2.17. The molecule has 0 saturated carbocycles. The standard InChI is InChI=1S/C11H14FNO2.ClH/c1-15-11(14)7-10(13)6-8-3-2-4-9(12)5-8;/h2-5,10H,6-7,13H2,1H3;1H/t10-;/m1./s1. The fourth-order valence-corrected chi connectivity index (χ4v) is 1.34. The number of carbonyl (C=O) groups excluding carboxylic acids is 1. The van der Waals surface area contributed by atoms with Gasteiger partial charge in [0.2, 0.25) is 0 Å². The third-order valence-corrected chi connectivity index (χ3v) is 2.04. The van der Waals surface area contributed by atoms with Crippen molar-refractivity contribution in [3.63, 3.8) is 0 Å². The third-order valence-electron chi connectivity index (χ3n) is 2.04. The van der Waals surface area contributed by atoms with E-state index in [1.807, 2.05) is 0 Å². The lowest BCUT2D eigenvalue weighted by Gasteiger charge is -2.09. The lowest BCUT2D eigenvalue weighted by Crippen LogP contribution is -2.26. The molecule has 0 spiro atoms. The molecule has 0 aromatic heterocycles. The molecule has 2 N–H and O–H groups in total. The van der Waals surface area contributed by atoms with E-state index in [9.17, 15) is 9.18 Å². The molecule has 0 radical (unpaired) electrons. The van der Waals surface area contributed by atoms with E-state index in [1.54, 1.807) is 12.1 Å². The van der Waals surface area contributed by atoms with Crippen molar-refractivity contribution in [3.8, 4) is 0 Å². The van der Waals surface area contributed by atoms with Crippen molar-refractivity contribution in [1.82, 2.24) is 0 Å². The molecule has 0 amide bonds. The zero-order valence-corrected chi connectivity index (χ0v) is 9.80. The first-order valence-electron chi connectivity index (χ1n) is 4.68. The fourth-order valence-electron chi connectivity index (χ4n) is 1.34. The normalized spacial score (nSPS) is 11.4. The summed E-state index contributed by atoms with van der Waals surface area (Å²) in [6.07, 6.45) is 0.611. The van der Waals surface area contributed by atoms with Crippen LogP contribution in [0.2, 0.25) is 0 Å². The minimum Gasteiger partial charge on any atom is -0.469 e. The molecule has 0 aliphatic carbocycles. The van der Waals surface area contributed by atoms with E-state index in [2.05, 4.69) is 4.74 Å². The average molecular weight is 248 g/mol. The number of esters is 1. The Morgan fingerprint density at radius 3 is 2.81 bits per heavy atom. The highest BCUT2D eigenvalue weighted by Crippen LogP contribution is 2.07. The Hall–Kier alpha value is -1.13. The van der Waals surface area contributed by atoms with Crippen molar-refractivity contribution in [1.29, 1.82) is 0 Å². The van der Waals surface area contributed by atoms with Crippen molar-refractivity contribution in [2.75, 3.05) is 7.11 Å². The van der Waals surface area contributed by atoms with E-state index < -0.39 is 0 Å². The van der Waals surface area contributed by atoms with Gasteiger partial charge >= 0.3 is 5.97 Å². The summed E-state index contributed by atoms with van der Waals surface area (Å²) >= 11 is 0. The topological polar surface area (TPSA) is 52.3 Å². The van der Waals surface area contributed by atoms with Gasteiger partial charge in [-0.05, 0) is 24.1 Å². The highest BCUT2D eigenvalue weighted by atomic mass is 35.5. The Morgan fingerprint density at radius 1 is 1.56 bits per heavy atom. The number of hydrogen-bond donors (Lipinski definition) is 1. The van der Waals surface area contributed by atoms with E-state index in [0.717, 1.165) is 5.56 Å². The second-order valence-electron chi connectivity index (χ2n) is 3.37. The maximum absolute atomic E-state index is 12.8. The van der Waals surface area contributed by atoms with Crippen LogP contribution in [0.5, 0.6) is 0 Å². The monoisotopic (exact) mass is 247 g/mol. The lowest BCUT2D eigenvalue weighted by molar-refractivity contribution is -0.140. The van der Waals surface area contributed by atoms with Crippen LogP contribution in [0.4, 0.5) is 4.39 Å². The van der Waals surface area contributed by atoms with Gasteiger partial charge in [0.25, 0.3) is 0 Å².